The van der Waals surface area contributed by atoms with Crippen molar-refractivity contribution in [1.82, 2.24) is 5.32 Å². The van der Waals surface area contributed by atoms with Crippen molar-refractivity contribution in [3.8, 4) is 0 Å². The first-order valence-electron chi connectivity index (χ1n) is 4.97. The summed E-state index contributed by atoms with van der Waals surface area (Å²) in [6.45, 7) is 7.88. The molecular formula is C11H17NS. The molecule has 0 amide bonds. The van der Waals surface area contributed by atoms with Crippen molar-refractivity contribution >= 4 is 11.3 Å². The van der Waals surface area contributed by atoms with E-state index in [-0.39, 0.29) is 0 Å². The lowest BCUT2D eigenvalue weighted by Crippen LogP contribution is -2.16. The first-order chi connectivity index (χ1) is 6.16. The Bertz CT molecular complexity index is 303. The zero-order chi connectivity index (χ0) is 9.42. The maximum absolute atomic E-state index is 3.51. The van der Waals surface area contributed by atoms with E-state index in [9.17, 15) is 0 Å². The maximum Gasteiger partial charge on any atom is 0.00523 e. The van der Waals surface area contributed by atoms with Gasteiger partial charge in [-0.15, -0.1) is 11.3 Å². The van der Waals surface area contributed by atoms with Gasteiger partial charge in [-0.25, -0.2) is 0 Å². The minimum Gasteiger partial charge on any atom is -0.314 e. The van der Waals surface area contributed by atoms with Crippen LogP contribution in [-0.2, 0) is 0 Å². The molecule has 1 N–H and O–H groups in total. The molecule has 2 unspecified atom stereocenters. The molecule has 0 bridgehead atoms. The summed E-state index contributed by atoms with van der Waals surface area (Å²) in [5.41, 5.74) is 1.58. The van der Waals surface area contributed by atoms with E-state index in [1.807, 2.05) is 11.3 Å². The third kappa shape index (κ3) is 1.79. The van der Waals surface area contributed by atoms with Crippen LogP contribution in [0.25, 0.3) is 0 Å². The first kappa shape index (κ1) is 9.22. The summed E-state index contributed by atoms with van der Waals surface area (Å²) in [7, 11) is 0. The van der Waals surface area contributed by atoms with E-state index in [0.29, 0.717) is 6.04 Å². The van der Waals surface area contributed by atoms with Crippen LogP contribution < -0.4 is 5.32 Å². The Morgan fingerprint density at radius 1 is 1.46 bits per heavy atom. The highest BCUT2D eigenvalue weighted by atomic mass is 32.1. The minimum atomic E-state index is 0.699. The van der Waals surface area contributed by atoms with Gasteiger partial charge in [-0.05, 0) is 44.7 Å². The van der Waals surface area contributed by atoms with Crippen LogP contribution in [-0.4, -0.2) is 12.6 Å². The topological polar surface area (TPSA) is 12.0 Å². The second-order valence-electron chi connectivity index (χ2n) is 4.11. The third-order valence-electron chi connectivity index (χ3n) is 2.87. The van der Waals surface area contributed by atoms with Gasteiger partial charge in [-0.3, -0.25) is 0 Å². The Kier molecular flexibility index (Phi) is 2.43. The number of nitrogens with one attached hydrogen (secondary N) is 1. The van der Waals surface area contributed by atoms with Crippen LogP contribution in [0, 0.1) is 13.8 Å². The highest BCUT2D eigenvalue weighted by molar-refractivity contribution is 7.12. The number of rotatable bonds is 1. The zero-order valence-corrected chi connectivity index (χ0v) is 9.37. The zero-order valence-electron chi connectivity index (χ0n) is 8.55. The minimum absolute atomic E-state index is 0.699. The first-order valence-corrected chi connectivity index (χ1v) is 5.79. The van der Waals surface area contributed by atoms with Gasteiger partial charge in [0.1, 0.15) is 0 Å². The summed E-state index contributed by atoms with van der Waals surface area (Å²) in [5.74, 6) is 0.764. The molecule has 0 aromatic carbocycles. The molecule has 72 valence electrons. The highest BCUT2D eigenvalue weighted by Crippen LogP contribution is 2.32. The van der Waals surface area contributed by atoms with Gasteiger partial charge in [-0.1, -0.05) is 0 Å². The predicted octanol–water partition coefficient (Wildman–Crippen LogP) is 2.83. The van der Waals surface area contributed by atoms with Gasteiger partial charge in [-0.2, -0.15) is 0 Å². The second-order valence-corrected chi connectivity index (χ2v) is 5.57. The normalized spacial score (nSPS) is 28.2. The summed E-state index contributed by atoms with van der Waals surface area (Å²) in [6, 6.07) is 3.06. The monoisotopic (exact) mass is 195 g/mol. The van der Waals surface area contributed by atoms with E-state index in [1.165, 1.54) is 16.2 Å². The van der Waals surface area contributed by atoms with Crippen molar-refractivity contribution in [1.29, 1.82) is 0 Å². The van der Waals surface area contributed by atoms with Crippen molar-refractivity contribution in [2.24, 2.45) is 0 Å². The quantitative estimate of drug-likeness (QED) is 0.726. The maximum atomic E-state index is 3.51. The smallest absolute Gasteiger partial charge is 0.00523 e. The molecule has 1 saturated heterocycles. The second kappa shape index (κ2) is 3.43. The molecular weight excluding hydrogens is 178 g/mol. The Balaban J connectivity index is 2.20. The number of aryl methyl sites for hydroxylation is 2. The van der Waals surface area contributed by atoms with Crippen LogP contribution in [0.2, 0.25) is 0 Å². The molecule has 1 aliphatic rings. The Hall–Kier alpha value is -0.340. The molecule has 1 fully saturated rings. The third-order valence-corrected chi connectivity index (χ3v) is 3.85. The fourth-order valence-electron chi connectivity index (χ4n) is 2.23. The molecule has 0 aliphatic carbocycles. The lowest BCUT2D eigenvalue weighted by atomic mass is 9.97. The molecule has 1 aliphatic heterocycles. The molecule has 2 heterocycles. The van der Waals surface area contributed by atoms with Gasteiger partial charge in [0.25, 0.3) is 0 Å². The molecule has 1 nitrogen and oxygen atoms in total. The molecule has 0 saturated carbocycles. The Labute approximate surface area is 84.2 Å². The Morgan fingerprint density at radius 2 is 2.23 bits per heavy atom. The molecule has 1 aromatic heterocycles. The summed E-state index contributed by atoms with van der Waals surface area (Å²) in [5, 5.41) is 3.51. The summed E-state index contributed by atoms with van der Waals surface area (Å²) in [6.07, 6.45) is 1.30. The molecule has 2 heteroatoms. The van der Waals surface area contributed by atoms with Crippen LogP contribution in [0.4, 0.5) is 0 Å². The fraction of sp³-hybridized carbons (Fsp3) is 0.636. The molecule has 0 radical (unpaired) electrons. The molecule has 0 spiro atoms. The van der Waals surface area contributed by atoms with Gasteiger partial charge in [0.05, 0.1) is 0 Å². The van der Waals surface area contributed by atoms with Crippen molar-refractivity contribution < 1.29 is 0 Å². The van der Waals surface area contributed by atoms with Crippen molar-refractivity contribution in [3.63, 3.8) is 0 Å². The fourth-order valence-corrected chi connectivity index (χ4v) is 3.24. The van der Waals surface area contributed by atoms with E-state index in [4.69, 9.17) is 0 Å². The van der Waals surface area contributed by atoms with E-state index in [1.54, 1.807) is 5.56 Å². The predicted molar refractivity (Wildman–Crippen MR) is 58.6 cm³/mol. The molecule has 1 aromatic rings. The lowest BCUT2D eigenvalue weighted by molar-refractivity contribution is 0.658. The van der Waals surface area contributed by atoms with Crippen molar-refractivity contribution in [3.05, 3.63) is 21.4 Å². The van der Waals surface area contributed by atoms with Crippen LogP contribution >= 0.6 is 11.3 Å². The van der Waals surface area contributed by atoms with Gasteiger partial charge in [0, 0.05) is 22.3 Å². The summed E-state index contributed by atoms with van der Waals surface area (Å²) < 4.78 is 0. The van der Waals surface area contributed by atoms with Gasteiger partial charge in [0.2, 0.25) is 0 Å². The van der Waals surface area contributed by atoms with Crippen LogP contribution in [0.1, 0.15) is 34.6 Å². The van der Waals surface area contributed by atoms with Gasteiger partial charge < -0.3 is 5.32 Å². The van der Waals surface area contributed by atoms with Crippen LogP contribution in [0.15, 0.2) is 6.07 Å². The van der Waals surface area contributed by atoms with E-state index < -0.39 is 0 Å². The van der Waals surface area contributed by atoms with Gasteiger partial charge >= 0.3 is 0 Å². The average Bonchev–Trinajstić information content (AvgIpc) is 2.58. The average molecular weight is 195 g/mol. The van der Waals surface area contributed by atoms with Crippen LogP contribution in [0.3, 0.4) is 0 Å². The standard InChI is InChI=1S/C11H17NS/c1-7-4-10(6-12-7)11-5-8(2)13-9(11)3/h5,7,10,12H,4,6H2,1-3H3. The van der Waals surface area contributed by atoms with Crippen LogP contribution in [0.5, 0.6) is 0 Å². The SMILES string of the molecule is Cc1cc(C2CNC(C)C2)c(C)s1. The molecule has 2 atom stereocenters. The van der Waals surface area contributed by atoms with Crippen molar-refractivity contribution in [2.75, 3.05) is 6.54 Å². The molecule has 2 rings (SSSR count). The summed E-state index contributed by atoms with van der Waals surface area (Å²) in [4.78, 5) is 2.96. The highest BCUT2D eigenvalue weighted by Gasteiger charge is 2.24. The summed E-state index contributed by atoms with van der Waals surface area (Å²) >= 11 is 1.93. The van der Waals surface area contributed by atoms with Gasteiger partial charge in [0.15, 0.2) is 0 Å². The largest absolute Gasteiger partial charge is 0.314 e. The lowest BCUT2D eigenvalue weighted by Gasteiger charge is -2.07. The number of hydrogen-bond donors (Lipinski definition) is 1. The number of thiophene rings is 1. The van der Waals surface area contributed by atoms with E-state index >= 15 is 0 Å². The van der Waals surface area contributed by atoms with Crippen molar-refractivity contribution in [2.45, 2.75) is 39.2 Å². The van der Waals surface area contributed by atoms with E-state index in [2.05, 4.69) is 32.2 Å². The molecule has 13 heavy (non-hydrogen) atoms. The number of hydrogen-bond acceptors (Lipinski definition) is 2. The van der Waals surface area contributed by atoms with E-state index in [0.717, 1.165) is 12.5 Å². The Morgan fingerprint density at radius 3 is 2.69 bits per heavy atom.